The molecule has 0 bridgehead atoms. The van der Waals surface area contributed by atoms with Crippen LogP contribution in [-0.4, -0.2) is 57.4 Å². The quantitative estimate of drug-likeness (QED) is 0.321. The fourth-order valence-corrected chi connectivity index (χ4v) is 4.93. The first-order chi connectivity index (χ1) is 20.9. The lowest BCUT2D eigenvalue weighted by molar-refractivity contribution is -0.127. The second-order valence-electron chi connectivity index (χ2n) is 9.84. The highest BCUT2D eigenvalue weighted by Gasteiger charge is 2.49. The number of aliphatic hydroxyl groups excluding tert-OH is 1. The van der Waals surface area contributed by atoms with Gasteiger partial charge in [0.25, 0.3) is 11.8 Å². The number of carbonyl (C=O) groups is 3. The molecule has 230 valence electrons. The third-order valence-corrected chi connectivity index (χ3v) is 7.26. The molecular weight excluding hydrogens is 608 g/mol. The van der Waals surface area contributed by atoms with E-state index in [1.54, 1.807) is 6.07 Å². The fourth-order valence-electron chi connectivity index (χ4n) is 4.69. The minimum atomic E-state index is -3.10. The predicted octanol–water partition coefficient (Wildman–Crippen LogP) is 4.07. The van der Waals surface area contributed by atoms with Gasteiger partial charge in [0.1, 0.15) is 41.6 Å². The van der Waals surface area contributed by atoms with Gasteiger partial charge in [-0.3, -0.25) is 24.2 Å². The zero-order valence-electron chi connectivity index (χ0n) is 23.1. The first kappa shape index (κ1) is 32.3. The van der Waals surface area contributed by atoms with E-state index in [9.17, 15) is 42.3 Å². The molecule has 4 rings (SSSR count). The molecule has 0 unspecified atom stereocenters. The number of alkyl halides is 2. The van der Waals surface area contributed by atoms with Crippen molar-refractivity contribution in [3.8, 4) is 6.07 Å². The molecule has 10 nitrogen and oxygen atoms in total. The molecule has 1 aliphatic heterocycles. The van der Waals surface area contributed by atoms with Crippen LogP contribution >= 0.6 is 11.6 Å². The van der Waals surface area contributed by atoms with E-state index in [1.165, 1.54) is 37.3 Å². The standard InChI is InChI=1S/C29H25ClF4N6O4/c1-2-29(33,34)8-10-36-25(42)24(20-5-3-4-6-21(20)30)39(19-12-16(31)11-17(32)13-19)26(43)22-14-23(41)27(44)40(22)28-37-9-7-18(15-35)38-28/h3-7,9,11-13,22-24,41H,2,8,10,14H2,1H3,(H,36,42)/t22-,23+,24-/m0/s1. The molecule has 1 saturated heterocycles. The average Bonchev–Trinajstić information content (AvgIpc) is 3.29. The van der Waals surface area contributed by atoms with E-state index >= 15 is 0 Å². The largest absolute Gasteiger partial charge is 0.383 e. The number of halogens is 5. The smallest absolute Gasteiger partial charge is 0.259 e. The summed E-state index contributed by atoms with van der Waals surface area (Å²) in [6.45, 7) is 0.744. The first-order valence-electron chi connectivity index (χ1n) is 13.3. The van der Waals surface area contributed by atoms with E-state index in [0.29, 0.717) is 11.0 Å². The third-order valence-electron chi connectivity index (χ3n) is 6.92. The Kier molecular flexibility index (Phi) is 9.81. The SMILES string of the molecule is CCC(F)(F)CCNC(=O)[C@H](c1ccccc1Cl)N(C(=O)[C@@H]1C[C@@H](O)C(=O)N1c1nccc(C#N)n1)c1cc(F)cc(F)c1. The number of carbonyl (C=O) groups excluding carboxylic acids is 3. The van der Waals surface area contributed by atoms with Crippen LogP contribution in [0.1, 0.15) is 43.5 Å². The number of benzene rings is 2. The monoisotopic (exact) mass is 632 g/mol. The minimum absolute atomic E-state index is 0.0360. The number of nitrogens with one attached hydrogen (secondary N) is 1. The summed E-state index contributed by atoms with van der Waals surface area (Å²) in [5.74, 6) is -8.93. The molecule has 1 aliphatic rings. The number of aliphatic hydroxyl groups is 1. The maximum atomic E-state index is 14.6. The van der Waals surface area contributed by atoms with Gasteiger partial charge >= 0.3 is 0 Å². The predicted molar refractivity (Wildman–Crippen MR) is 150 cm³/mol. The van der Waals surface area contributed by atoms with Gasteiger partial charge in [-0.2, -0.15) is 5.26 Å². The molecular formula is C29H25ClF4N6O4. The van der Waals surface area contributed by atoms with E-state index in [-0.39, 0.29) is 16.3 Å². The first-order valence-corrected chi connectivity index (χ1v) is 13.7. The highest BCUT2D eigenvalue weighted by atomic mass is 35.5. The Hall–Kier alpha value is -4.61. The van der Waals surface area contributed by atoms with Crippen LogP contribution in [0.15, 0.2) is 54.7 Å². The highest BCUT2D eigenvalue weighted by Crippen LogP contribution is 2.36. The van der Waals surface area contributed by atoms with Crippen molar-refractivity contribution in [1.82, 2.24) is 15.3 Å². The van der Waals surface area contributed by atoms with Crippen molar-refractivity contribution in [1.29, 1.82) is 5.26 Å². The van der Waals surface area contributed by atoms with Gasteiger partial charge in [0.2, 0.25) is 17.8 Å². The number of hydrogen-bond donors (Lipinski definition) is 2. The third kappa shape index (κ3) is 6.95. The number of aromatic nitrogens is 2. The molecule has 0 radical (unpaired) electrons. The molecule has 2 aromatic carbocycles. The second-order valence-corrected chi connectivity index (χ2v) is 10.2. The molecule has 0 aliphatic carbocycles. The van der Waals surface area contributed by atoms with Gasteiger partial charge in [-0.05, 0) is 24.3 Å². The summed E-state index contributed by atoms with van der Waals surface area (Å²) in [4.78, 5) is 50.5. The summed E-state index contributed by atoms with van der Waals surface area (Å²) in [5, 5.41) is 22.0. The molecule has 0 spiro atoms. The van der Waals surface area contributed by atoms with Crippen molar-refractivity contribution in [3.05, 3.63) is 82.6 Å². The van der Waals surface area contributed by atoms with Gasteiger partial charge in [-0.25, -0.2) is 27.5 Å². The summed E-state index contributed by atoms with van der Waals surface area (Å²) in [6, 6.07) is 7.33. The normalized spacial score (nSPS) is 17.2. The zero-order chi connectivity index (χ0) is 32.2. The maximum absolute atomic E-state index is 14.6. The number of nitriles is 1. The van der Waals surface area contributed by atoms with Crippen molar-refractivity contribution in [2.75, 3.05) is 16.3 Å². The Morgan fingerprint density at radius 2 is 1.91 bits per heavy atom. The average molecular weight is 633 g/mol. The van der Waals surface area contributed by atoms with Crippen LogP contribution in [0.5, 0.6) is 0 Å². The molecule has 2 N–H and O–H groups in total. The molecule has 0 saturated carbocycles. The number of anilines is 2. The Bertz CT molecular complexity index is 1600. The van der Waals surface area contributed by atoms with Gasteiger partial charge < -0.3 is 10.4 Å². The van der Waals surface area contributed by atoms with E-state index in [4.69, 9.17) is 11.6 Å². The van der Waals surface area contributed by atoms with E-state index in [2.05, 4.69) is 15.3 Å². The van der Waals surface area contributed by atoms with Crippen molar-refractivity contribution >= 4 is 41.0 Å². The number of nitrogens with zero attached hydrogens (tertiary/aromatic N) is 5. The van der Waals surface area contributed by atoms with Gasteiger partial charge in [-0.1, -0.05) is 36.7 Å². The lowest BCUT2D eigenvalue weighted by Crippen LogP contribution is -2.52. The van der Waals surface area contributed by atoms with Crippen molar-refractivity contribution < 1.29 is 37.1 Å². The summed E-state index contributed by atoms with van der Waals surface area (Å²) in [7, 11) is 0. The summed E-state index contributed by atoms with van der Waals surface area (Å²) >= 11 is 6.41. The van der Waals surface area contributed by atoms with Crippen LogP contribution in [0.3, 0.4) is 0 Å². The number of rotatable bonds is 10. The highest BCUT2D eigenvalue weighted by molar-refractivity contribution is 6.31. The molecule has 15 heteroatoms. The molecule has 2 heterocycles. The van der Waals surface area contributed by atoms with Crippen molar-refractivity contribution in [3.63, 3.8) is 0 Å². The van der Waals surface area contributed by atoms with Gasteiger partial charge in [0, 0.05) is 48.7 Å². The molecule has 1 fully saturated rings. The molecule has 3 atom stereocenters. The van der Waals surface area contributed by atoms with E-state index in [0.717, 1.165) is 23.2 Å². The molecule has 3 aromatic rings. The lowest BCUT2D eigenvalue weighted by Gasteiger charge is -2.35. The van der Waals surface area contributed by atoms with Crippen LogP contribution in [0.4, 0.5) is 29.2 Å². The Labute approximate surface area is 253 Å². The summed E-state index contributed by atoms with van der Waals surface area (Å²) < 4.78 is 57.0. The van der Waals surface area contributed by atoms with Crippen molar-refractivity contribution in [2.45, 2.75) is 50.3 Å². The molecule has 44 heavy (non-hydrogen) atoms. The minimum Gasteiger partial charge on any atom is -0.383 e. The molecule has 1 aromatic heterocycles. The van der Waals surface area contributed by atoms with Crippen LogP contribution in [0.2, 0.25) is 5.02 Å². The van der Waals surface area contributed by atoms with E-state index < -0.39 is 90.9 Å². The summed E-state index contributed by atoms with van der Waals surface area (Å²) in [6.07, 6.45) is -2.38. The van der Waals surface area contributed by atoms with Crippen LogP contribution < -0.4 is 15.1 Å². The zero-order valence-corrected chi connectivity index (χ0v) is 23.8. The fraction of sp³-hybridized carbons (Fsp3) is 0.310. The number of amides is 3. The molecule has 3 amide bonds. The van der Waals surface area contributed by atoms with Gasteiger partial charge in [-0.15, -0.1) is 0 Å². The summed E-state index contributed by atoms with van der Waals surface area (Å²) in [5.41, 5.74) is -0.685. The van der Waals surface area contributed by atoms with Gasteiger partial charge in [0.05, 0.1) is 5.69 Å². The van der Waals surface area contributed by atoms with Crippen molar-refractivity contribution in [2.24, 2.45) is 0 Å². The van der Waals surface area contributed by atoms with Crippen LogP contribution in [-0.2, 0) is 14.4 Å². The Balaban J connectivity index is 1.87. The Morgan fingerprint density at radius 1 is 1.23 bits per heavy atom. The van der Waals surface area contributed by atoms with Crippen LogP contribution in [0.25, 0.3) is 0 Å². The number of hydrogen-bond acceptors (Lipinski definition) is 7. The second kappa shape index (κ2) is 13.4. The van der Waals surface area contributed by atoms with Gasteiger partial charge in [0.15, 0.2) is 0 Å². The lowest BCUT2D eigenvalue weighted by atomic mass is 10.0. The Morgan fingerprint density at radius 3 is 2.55 bits per heavy atom. The van der Waals surface area contributed by atoms with E-state index in [1.807, 2.05) is 0 Å². The maximum Gasteiger partial charge on any atom is 0.259 e. The topological polar surface area (TPSA) is 140 Å². The van der Waals surface area contributed by atoms with Crippen LogP contribution in [0, 0.1) is 23.0 Å².